The maximum atomic E-state index is 5.86. The van der Waals surface area contributed by atoms with Crippen molar-refractivity contribution < 1.29 is 0 Å². The molecule has 0 amide bonds. The third-order valence-corrected chi connectivity index (χ3v) is 6.21. The van der Waals surface area contributed by atoms with Crippen LogP contribution in [0.5, 0.6) is 0 Å². The fourth-order valence-electron chi connectivity index (χ4n) is 4.83. The van der Waals surface area contributed by atoms with Gasteiger partial charge in [0.2, 0.25) is 0 Å². The quantitative estimate of drug-likeness (QED) is 0.787. The van der Waals surface area contributed by atoms with Gasteiger partial charge in [0.05, 0.1) is 11.0 Å². The Morgan fingerprint density at radius 1 is 1.20 bits per heavy atom. The van der Waals surface area contributed by atoms with Crippen LogP contribution in [0.4, 0.5) is 0 Å². The van der Waals surface area contributed by atoms with Crippen LogP contribution in [0.25, 0.3) is 0 Å². The zero-order valence-corrected chi connectivity index (χ0v) is 13.6. The molecule has 0 aromatic rings. The van der Waals surface area contributed by atoms with Crippen molar-refractivity contribution in [1.82, 2.24) is 9.80 Å². The van der Waals surface area contributed by atoms with E-state index in [9.17, 15) is 0 Å². The SMILES string of the molecule is CCC(C(N)=S)N1CCN(CC2CC3CCC2C3)CC1. The van der Waals surface area contributed by atoms with Gasteiger partial charge in [0.15, 0.2) is 0 Å². The van der Waals surface area contributed by atoms with Crippen molar-refractivity contribution in [3.8, 4) is 0 Å². The van der Waals surface area contributed by atoms with Crippen molar-refractivity contribution in [2.75, 3.05) is 32.7 Å². The van der Waals surface area contributed by atoms with Gasteiger partial charge in [0.25, 0.3) is 0 Å². The number of rotatable bonds is 5. The lowest BCUT2D eigenvalue weighted by molar-refractivity contribution is 0.0939. The van der Waals surface area contributed by atoms with Gasteiger partial charge in [-0.25, -0.2) is 0 Å². The molecule has 1 aliphatic heterocycles. The van der Waals surface area contributed by atoms with Crippen LogP contribution >= 0.6 is 12.2 Å². The lowest BCUT2D eigenvalue weighted by Crippen LogP contribution is -2.54. The van der Waals surface area contributed by atoms with E-state index < -0.39 is 0 Å². The smallest absolute Gasteiger partial charge is 0.0901 e. The Morgan fingerprint density at radius 3 is 2.45 bits per heavy atom. The van der Waals surface area contributed by atoms with E-state index in [2.05, 4.69) is 16.7 Å². The Labute approximate surface area is 128 Å². The van der Waals surface area contributed by atoms with E-state index >= 15 is 0 Å². The average Bonchev–Trinajstić information content (AvgIpc) is 3.03. The molecule has 2 N–H and O–H groups in total. The second-order valence-corrected chi connectivity index (χ2v) is 7.57. The zero-order valence-electron chi connectivity index (χ0n) is 12.8. The van der Waals surface area contributed by atoms with Gasteiger partial charge in [-0.3, -0.25) is 4.90 Å². The standard InChI is InChI=1S/C16H29N3S/c1-2-15(16(17)20)19-7-5-18(6-8-19)11-14-10-12-3-4-13(14)9-12/h12-15H,2-11H2,1H3,(H2,17,20). The first-order valence-corrected chi connectivity index (χ1v) is 8.84. The highest BCUT2D eigenvalue weighted by Gasteiger charge is 2.40. The second-order valence-electron chi connectivity index (χ2n) is 7.10. The molecule has 20 heavy (non-hydrogen) atoms. The Balaban J connectivity index is 1.45. The topological polar surface area (TPSA) is 32.5 Å². The van der Waals surface area contributed by atoms with E-state index in [-0.39, 0.29) is 0 Å². The van der Waals surface area contributed by atoms with Gasteiger partial charge in [-0.05, 0) is 43.4 Å². The van der Waals surface area contributed by atoms with Crippen LogP contribution in [0.15, 0.2) is 0 Å². The third-order valence-electron chi connectivity index (χ3n) is 5.94. The van der Waals surface area contributed by atoms with Gasteiger partial charge in [-0.15, -0.1) is 0 Å². The van der Waals surface area contributed by atoms with Crippen molar-refractivity contribution in [3.63, 3.8) is 0 Å². The molecule has 0 aromatic heterocycles. The summed E-state index contributed by atoms with van der Waals surface area (Å²) >= 11 is 5.20. The molecule has 1 heterocycles. The molecule has 0 radical (unpaired) electrons. The van der Waals surface area contributed by atoms with E-state index in [1.165, 1.54) is 45.3 Å². The predicted molar refractivity (Wildman–Crippen MR) is 87.8 cm³/mol. The molecule has 2 aliphatic carbocycles. The monoisotopic (exact) mass is 295 g/mol. The molecule has 2 saturated carbocycles. The summed E-state index contributed by atoms with van der Waals surface area (Å²) in [5.74, 6) is 3.13. The van der Waals surface area contributed by atoms with Gasteiger partial charge < -0.3 is 10.6 Å². The Hall–Kier alpha value is -0.190. The van der Waals surface area contributed by atoms with Gasteiger partial charge in [0, 0.05) is 32.7 Å². The molecule has 4 unspecified atom stereocenters. The molecule has 4 atom stereocenters. The lowest BCUT2D eigenvalue weighted by atomic mass is 9.88. The van der Waals surface area contributed by atoms with Crippen molar-refractivity contribution in [2.24, 2.45) is 23.5 Å². The average molecular weight is 295 g/mol. The number of thiocarbonyl (C=S) groups is 1. The van der Waals surface area contributed by atoms with Crippen LogP contribution in [0.3, 0.4) is 0 Å². The highest BCUT2D eigenvalue weighted by atomic mass is 32.1. The molecule has 1 saturated heterocycles. The molecular weight excluding hydrogens is 266 g/mol. The minimum atomic E-state index is 0.314. The van der Waals surface area contributed by atoms with Crippen molar-refractivity contribution in [3.05, 3.63) is 0 Å². The van der Waals surface area contributed by atoms with Crippen LogP contribution < -0.4 is 5.73 Å². The largest absolute Gasteiger partial charge is 0.392 e. The maximum absolute atomic E-state index is 5.86. The van der Waals surface area contributed by atoms with E-state index in [1.54, 1.807) is 0 Å². The summed E-state index contributed by atoms with van der Waals surface area (Å²) in [6, 6.07) is 0.314. The summed E-state index contributed by atoms with van der Waals surface area (Å²) < 4.78 is 0. The molecule has 114 valence electrons. The highest BCUT2D eigenvalue weighted by molar-refractivity contribution is 7.80. The molecule has 4 heteroatoms. The summed E-state index contributed by atoms with van der Waals surface area (Å²) in [4.78, 5) is 5.85. The number of piperazine rings is 1. The van der Waals surface area contributed by atoms with E-state index in [0.29, 0.717) is 11.0 Å². The van der Waals surface area contributed by atoms with Crippen LogP contribution in [-0.4, -0.2) is 53.6 Å². The van der Waals surface area contributed by atoms with E-state index in [1.807, 2.05) is 0 Å². The van der Waals surface area contributed by atoms with Gasteiger partial charge in [0.1, 0.15) is 0 Å². The van der Waals surface area contributed by atoms with Gasteiger partial charge >= 0.3 is 0 Å². The Kier molecular flexibility index (Phi) is 4.63. The fourth-order valence-corrected chi connectivity index (χ4v) is 5.14. The second kappa shape index (κ2) is 6.29. The predicted octanol–water partition coefficient (Wildman–Crippen LogP) is 2.10. The first-order chi connectivity index (χ1) is 9.67. The van der Waals surface area contributed by atoms with Crippen LogP contribution in [-0.2, 0) is 0 Å². The normalized spacial score (nSPS) is 36.4. The number of fused-ring (bicyclic) bond motifs is 2. The molecular formula is C16H29N3S. The minimum absolute atomic E-state index is 0.314. The summed E-state index contributed by atoms with van der Waals surface area (Å²) in [5.41, 5.74) is 5.86. The number of nitrogens with zero attached hydrogens (tertiary/aromatic N) is 2. The molecule has 3 aliphatic rings. The van der Waals surface area contributed by atoms with Crippen molar-refractivity contribution >= 4 is 17.2 Å². The van der Waals surface area contributed by atoms with Crippen LogP contribution in [0.2, 0.25) is 0 Å². The first kappa shape index (κ1) is 14.7. The van der Waals surface area contributed by atoms with Crippen molar-refractivity contribution in [1.29, 1.82) is 0 Å². The summed E-state index contributed by atoms with van der Waals surface area (Å²) in [6.07, 6.45) is 7.11. The zero-order chi connectivity index (χ0) is 14.1. The third kappa shape index (κ3) is 3.02. The Morgan fingerprint density at radius 2 is 1.95 bits per heavy atom. The lowest BCUT2D eigenvalue weighted by Gasteiger charge is -2.40. The maximum Gasteiger partial charge on any atom is 0.0901 e. The van der Waals surface area contributed by atoms with Crippen LogP contribution in [0, 0.1) is 17.8 Å². The van der Waals surface area contributed by atoms with Gasteiger partial charge in [-0.2, -0.15) is 0 Å². The van der Waals surface area contributed by atoms with E-state index in [4.69, 9.17) is 18.0 Å². The van der Waals surface area contributed by atoms with Crippen molar-refractivity contribution in [2.45, 2.75) is 45.1 Å². The minimum Gasteiger partial charge on any atom is -0.392 e. The van der Waals surface area contributed by atoms with Gasteiger partial charge in [-0.1, -0.05) is 25.6 Å². The van der Waals surface area contributed by atoms with E-state index in [0.717, 1.165) is 37.3 Å². The first-order valence-electron chi connectivity index (χ1n) is 8.43. The number of nitrogens with two attached hydrogens (primary N) is 1. The molecule has 3 fully saturated rings. The Bertz CT molecular complexity index is 352. The van der Waals surface area contributed by atoms with Crippen LogP contribution in [0.1, 0.15) is 39.0 Å². The summed E-state index contributed by atoms with van der Waals surface area (Å²) in [5, 5.41) is 0. The molecule has 2 bridgehead atoms. The molecule has 0 spiro atoms. The number of hydrogen-bond donors (Lipinski definition) is 1. The number of hydrogen-bond acceptors (Lipinski definition) is 3. The highest BCUT2D eigenvalue weighted by Crippen LogP contribution is 2.48. The summed E-state index contributed by atoms with van der Waals surface area (Å²) in [7, 11) is 0. The molecule has 3 nitrogen and oxygen atoms in total. The summed E-state index contributed by atoms with van der Waals surface area (Å²) in [6.45, 7) is 8.21. The molecule has 0 aromatic carbocycles. The molecule has 3 rings (SSSR count). The fraction of sp³-hybridized carbons (Fsp3) is 0.938.